The first-order valence-corrected chi connectivity index (χ1v) is 7.65. The average molecular weight is 296 g/mol. The number of fused-ring (bicyclic) bond motifs is 1. The quantitative estimate of drug-likeness (QED) is 0.695. The zero-order valence-electron chi connectivity index (χ0n) is 10.8. The molecule has 3 heterocycles. The fourth-order valence-electron chi connectivity index (χ4n) is 2.05. The Morgan fingerprint density at radius 1 is 1.26 bits per heavy atom. The second kappa shape index (κ2) is 4.94. The van der Waals surface area contributed by atoms with Gasteiger partial charge >= 0.3 is 0 Å². The number of nitrogens with zero attached hydrogens (tertiary/aromatic N) is 5. The highest BCUT2D eigenvalue weighted by atomic mass is 35.5. The van der Waals surface area contributed by atoms with Gasteiger partial charge < -0.3 is 0 Å². The maximum absolute atomic E-state index is 6.08. The summed E-state index contributed by atoms with van der Waals surface area (Å²) in [7, 11) is 0. The molecule has 19 heavy (non-hydrogen) atoms. The van der Waals surface area contributed by atoms with Gasteiger partial charge in [-0.2, -0.15) is 9.67 Å². The van der Waals surface area contributed by atoms with E-state index in [9.17, 15) is 0 Å². The average Bonchev–Trinajstić information content (AvgIpc) is 3.10. The van der Waals surface area contributed by atoms with Gasteiger partial charge in [0.2, 0.25) is 0 Å². The predicted molar refractivity (Wildman–Crippen MR) is 76.3 cm³/mol. The van der Waals surface area contributed by atoms with Crippen molar-refractivity contribution in [2.24, 2.45) is 0 Å². The van der Waals surface area contributed by atoms with E-state index in [0.717, 1.165) is 41.0 Å². The third-order valence-electron chi connectivity index (χ3n) is 3.02. The molecule has 0 fully saturated rings. The van der Waals surface area contributed by atoms with Crippen LogP contribution in [0.4, 0.5) is 0 Å². The van der Waals surface area contributed by atoms with Crippen molar-refractivity contribution < 1.29 is 0 Å². The Labute approximate surface area is 119 Å². The third-order valence-corrected chi connectivity index (χ3v) is 4.03. The molecule has 0 saturated carbocycles. The topological polar surface area (TPSA) is 48.0 Å². The van der Waals surface area contributed by atoms with Gasteiger partial charge in [-0.1, -0.05) is 13.8 Å². The Morgan fingerprint density at radius 3 is 2.79 bits per heavy atom. The molecular formula is C12H14ClN5S. The largest absolute Gasteiger partial charge is 0.291 e. The lowest BCUT2D eigenvalue weighted by Gasteiger charge is -2.02. The first-order valence-electron chi connectivity index (χ1n) is 6.24. The van der Waals surface area contributed by atoms with Crippen LogP contribution in [0.2, 0.25) is 0 Å². The van der Waals surface area contributed by atoms with E-state index in [1.54, 1.807) is 11.3 Å². The van der Waals surface area contributed by atoms with Crippen LogP contribution in [0.15, 0.2) is 11.6 Å². The van der Waals surface area contributed by atoms with Crippen LogP contribution in [0, 0.1) is 0 Å². The Balaban J connectivity index is 2.22. The number of hydrogen-bond donors (Lipinski definition) is 0. The van der Waals surface area contributed by atoms with Crippen LogP contribution in [0.3, 0.4) is 0 Å². The van der Waals surface area contributed by atoms with Gasteiger partial charge in [0, 0.05) is 24.4 Å². The number of aryl methyl sites for hydroxylation is 2. The number of alkyl halides is 1. The highest BCUT2D eigenvalue weighted by Crippen LogP contribution is 2.22. The van der Waals surface area contributed by atoms with Crippen molar-refractivity contribution in [1.29, 1.82) is 0 Å². The zero-order valence-corrected chi connectivity index (χ0v) is 12.4. The van der Waals surface area contributed by atoms with E-state index in [1.807, 2.05) is 27.6 Å². The van der Waals surface area contributed by atoms with Crippen molar-refractivity contribution in [2.75, 3.05) is 0 Å². The molecule has 0 radical (unpaired) electrons. The molecule has 3 rings (SSSR count). The fraction of sp³-hybridized carbons (Fsp3) is 0.417. The summed E-state index contributed by atoms with van der Waals surface area (Å²) < 4.78 is 3.84. The molecule has 7 heteroatoms. The molecule has 3 aromatic rings. The van der Waals surface area contributed by atoms with Gasteiger partial charge in [-0.25, -0.2) is 4.98 Å². The molecule has 3 aromatic heterocycles. The van der Waals surface area contributed by atoms with E-state index < -0.39 is 0 Å². The first kappa shape index (κ1) is 12.6. The van der Waals surface area contributed by atoms with E-state index in [4.69, 9.17) is 11.6 Å². The van der Waals surface area contributed by atoms with Crippen LogP contribution < -0.4 is 0 Å². The Morgan fingerprint density at radius 2 is 2.11 bits per heavy atom. The van der Waals surface area contributed by atoms with Crippen molar-refractivity contribution in [3.05, 3.63) is 28.9 Å². The Kier molecular flexibility index (Phi) is 3.28. The summed E-state index contributed by atoms with van der Waals surface area (Å²) in [4.78, 5) is 10.1. The van der Waals surface area contributed by atoms with Gasteiger partial charge in [-0.15, -0.1) is 28.0 Å². The molecule has 0 aliphatic heterocycles. The maximum Gasteiger partial charge on any atom is 0.196 e. The first-order chi connectivity index (χ1) is 9.28. The zero-order chi connectivity index (χ0) is 13.4. The monoisotopic (exact) mass is 295 g/mol. The van der Waals surface area contributed by atoms with Crippen LogP contribution in [0.1, 0.15) is 31.2 Å². The lowest BCUT2D eigenvalue weighted by Crippen LogP contribution is -2.05. The fourth-order valence-corrected chi connectivity index (χ4v) is 3.03. The number of imidazole rings is 1. The Hall–Kier alpha value is -1.40. The molecule has 0 atom stereocenters. The minimum absolute atomic E-state index is 0.401. The van der Waals surface area contributed by atoms with E-state index in [0.29, 0.717) is 5.88 Å². The van der Waals surface area contributed by atoms with Gasteiger partial charge in [-0.3, -0.25) is 4.40 Å². The highest BCUT2D eigenvalue weighted by molar-refractivity contribution is 7.15. The molecule has 5 nitrogen and oxygen atoms in total. The highest BCUT2D eigenvalue weighted by Gasteiger charge is 2.18. The molecule has 0 bridgehead atoms. The van der Waals surface area contributed by atoms with E-state index in [-0.39, 0.29) is 0 Å². The van der Waals surface area contributed by atoms with Crippen molar-refractivity contribution in [3.63, 3.8) is 0 Å². The molecule has 0 amide bonds. The minimum Gasteiger partial charge on any atom is -0.291 e. The summed E-state index contributed by atoms with van der Waals surface area (Å²) >= 11 is 7.67. The Bertz CT molecular complexity index is 711. The molecule has 0 aromatic carbocycles. The normalized spacial score (nSPS) is 11.5. The van der Waals surface area contributed by atoms with Gasteiger partial charge in [-0.05, 0) is 0 Å². The summed E-state index contributed by atoms with van der Waals surface area (Å²) in [6.45, 7) is 4.12. The van der Waals surface area contributed by atoms with Gasteiger partial charge in [0.1, 0.15) is 5.82 Å². The van der Waals surface area contributed by atoms with Gasteiger partial charge in [0.15, 0.2) is 16.6 Å². The van der Waals surface area contributed by atoms with Crippen molar-refractivity contribution >= 4 is 27.9 Å². The molecule has 0 saturated heterocycles. The maximum atomic E-state index is 6.08. The second-order valence-corrected chi connectivity index (χ2v) is 5.27. The van der Waals surface area contributed by atoms with Gasteiger partial charge in [0.05, 0.1) is 11.6 Å². The van der Waals surface area contributed by atoms with Crippen molar-refractivity contribution in [3.8, 4) is 5.82 Å². The van der Waals surface area contributed by atoms with Crippen LogP contribution in [0.5, 0.6) is 0 Å². The SMILES string of the molecule is CCc1nc(CC)n(-c2nc3sccn3c2CCl)n1. The van der Waals surface area contributed by atoms with Crippen molar-refractivity contribution in [1.82, 2.24) is 24.1 Å². The predicted octanol–water partition coefficient (Wildman–Crippen LogP) is 2.84. The summed E-state index contributed by atoms with van der Waals surface area (Å²) in [5.74, 6) is 2.96. The molecule has 100 valence electrons. The molecule has 0 aliphatic rings. The van der Waals surface area contributed by atoms with Crippen LogP contribution in [0.25, 0.3) is 10.8 Å². The number of rotatable bonds is 4. The van der Waals surface area contributed by atoms with E-state index in [1.165, 1.54) is 0 Å². The molecule has 0 aliphatic carbocycles. The number of hydrogen-bond acceptors (Lipinski definition) is 4. The van der Waals surface area contributed by atoms with Crippen LogP contribution >= 0.6 is 22.9 Å². The molecular weight excluding hydrogens is 282 g/mol. The van der Waals surface area contributed by atoms with E-state index in [2.05, 4.69) is 22.0 Å². The standard InChI is InChI=1S/C12H14ClN5S/c1-3-9-14-10(4-2)18(16-9)11-8(7-13)17-5-6-19-12(17)15-11/h5-6H,3-4,7H2,1-2H3. The number of halogens is 1. The summed E-state index contributed by atoms with van der Waals surface area (Å²) in [5.41, 5.74) is 0.958. The van der Waals surface area contributed by atoms with Crippen molar-refractivity contribution in [2.45, 2.75) is 32.6 Å². The summed E-state index contributed by atoms with van der Waals surface area (Å²) in [6.07, 6.45) is 3.62. The molecule has 0 spiro atoms. The summed E-state index contributed by atoms with van der Waals surface area (Å²) in [6, 6.07) is 0. The number of thiazole rings is 1. The number of aromatic nitrogens is 5. The summed E-state index contributed by atoms with van der Waals surface area (Å²) in [5, 5.41) is 6.53. The third kappa shape index (κ3) is 1.95. The molecule has 0 N–H and O–H groups in total. The smallest absolute Gasteiger partial charge is 0.196 e. The van der Waals surface area contributed by atoms with Crippen LogP contribution in [-0.2, 0) is 18.7 Å². The second-order valence-electron chi connectivity index (χ2n) is 4.13. The molecule has 0 unspecified atom stereocenters. The lowest BCUT2D eigenvalue weighted by atomic mass is 10.4. The minimum atomic E-state index is 0.401. The van der Waals surface area contributed by atoms with Gasteiger partial charge in [0.25, 0.3) is 0 Å². The van der Waals surface area contributed by atoms with E-state index >= 15 is 0 Å². The lowest BCUT2D eigenvalue weighted by molar-refractivity contribution is 0.767. The van der Waals surface area contributed by atoms with Crippen LogP contribution in [-0.4, -0.2) is 24.1 Å².